The van der Waals surface area contributed by atoms with Crippen LogP contribution in [0.2, 0.25) is 0 Å². The zero-order chi connectivity index (χ0) is 16.2. The minimum Gasteiger partial charge on any atom is -0.479 e. The normalized spacial score (nSPS) is 13.5. The number of hydrogen-bond acceptors (Lipinski definition) is 3. The van der Waals surface area contributed by atoms with Gasteiger partial charge in [-0.1, -0.05) is 42.5 Å². The molecule has 1 unspecified atom stereocenters. The summed E-state index contributed by atoms with van der Waals surface area (Å²) >= 11 is 0. The third kappa shape index (κ3) is 4.05. The molecule has 0 spiro atoms. The van der Waals surface area contributed by atoms with E-state index >= 15 is 0 Å². The minimum atomic E-state index is -1.95. The number of carboxylic acids is 1. The van der Waals surface area contributed by atoms with Crippen molar-refractivity contribution in [2.24, 2.45) is 0 Å². The molecule has 0 aliphatic carbocycles. The zero-order valence-electron chi connectivity index (χ0n) is 12.4. The van der Waals surface area contributed by atoms with Gasteiger partial charge < -0.3 is 15.5 Å². The molecule has 0 aromatic heterocycles. The van der Waals surface area contributed by atoms with Crippen molar-refractivity contribution in [3.63, 3.8) is 0 Å². The average molecular weight is 301 g/mol. The standard InChI is InChI=1S/C17H19NO4/c1-17(22,16(20)21)11-18-15(19)9-7-12-6-8-13-4-2-3-5-14(13)10-12/h2-6,8,10,22H,7,9,11H2,1H3,(H,18,19)(H,20,21). The number of benzene rings is 2. The van der Waals surface area contributed by atoms with Gasteiger partial charge in [-0.2, -0.15) is 0 Å². The van der Waals surface area contributed by atoms with E-state index in [1.807, 2.05) is 42.5 Å². The summed E-state index contributed by atoms with van der Waals surface area (Å²) in [5, 5.41) is 23.0. The highest BCUT2D eigenvalue weighted by Gasteiger charge is 2.30. The number of aliphatic hydroxyl groups is 1. The van der Waals surface area contributed by atoms with Crippen molar-refractivity contribution >= 4 is 22.6 Å². The summed E-state index contributed by atoms with van der Waals surface area (Å²) < 4.78 is 0. The second kappa shape index (κ2) is 6.58. The highest BCUT2D eigenvalue weighted by molar-refractivity contribution is 5.83. The van der Waals surface area contributed by atoms with Crippen LogP contribution in [-0.4, -0.2) is 34.2 Å². The van der Waals surface area contributed by atoms with E-state index in [9.17, 15) is 14.7 Å². The fraction of sp³-hybridized carbons (Fsp3) is 0.294. The van der Waals surface area contributed by atoms with E-state index in [2.05, 4.69) is 5.32 Å². The molecule has 0 aliphatic heterocycles. The third-order valence-electron chi connectivity index (χ3n) is 3.55. The van der Waals surface area contributed by atoms with Crippen LogP contribution in [0.1, 0.15) is 18.9 Å². The lowest BCUT2D eigenvalue weighted by atomic mass is 10.0. The van der Waals surface area contributed by atoms with Crippen LogP contribution in [-0.2, 0) is 16.0 Å². The van der Waals surface area contributed by atoms with Crippen LogP contribution in [0.5, 0.6) is 0 Å². The number of hydrogen-bond donors (Lipinski definition) is 3. The summed E-state index contributed by atoms with van der Waals surface area (Å²) in [4.78, 5) is 22.5. The summed E-state index contributed by atoms with van der Waals surface area (Å²) in [6.07, 6.45) is 0.805. The molecule has 2 rings (SSSR count). The summed E-state index contributed by atoms with van der Waals surface area (Å²) in [5.74, 6) is -1.64. The molecule has 0 saturated heterocycles. The Kier molecular flexibility index (Phi) is 4.78. The van der Waals surface area contributed by atoms with Crippen LogP contribution in [0.15, 0.2) is 42.5 Å². The molecule has 2 aromatic carbocycles. The van der Waals surface area contributed by atoms with E-state index in [1.54, 1.807) is 0 Å². The number of carboxylic acid groups (broad SMARTS) is 1. The monoisotopic (exact) mass is 301 g/mol. The Bertz CT molecular complexity index is 694. The maximum absolute atomic E-state index is 11.7. The molecule has 1 atom stereocenters. The van der Waals surface area contributed by atoms with Gasteiger partial charge in [-0.15, -0.1) is 0 Å². The minimum absolute atomic E-state index is 0.244. The van der Waals surface area contributed by atoms with Crippen molar-refractivity contribution in [1.29, 1.82) is 0 Å². The van der Waals surface area contributed by atoms with Crippen LogP contribution in [0.25, 0.3) is 10.8 Å². The predicted molar refractivity (Wildman–Crippen MR) is 83.5 cm³/mol. The average Bonchev–Trinajstić information content (AvgIpc) is 2.50. The van der Waals surface area contributed by atoms with E-state index < -0.39 is 11.6 Å². The summed E-state index contributed by atoms with van der Waals surface area (Å²) in [7, 11) is 0. The summed E-state index contributed by atoms with van der Waals surface area (Å²) in [6.45, 7) is 0.845. The second-order valence-electron chi connectivity index (χ2n) is 5.54. The Hall–Kier alpha value is -2.40. The number of aryl methyl sites for hydroxylation is 1. The maximum atomic E-state index is 11.7. The lowest BCUT2D eigenvalue weighted by Gasteiger charge is -2.18. The first-order valence-electron chi connectivity index (χ1n) is 7.09. The molecule has 5 nitrogen and oxygen atoms in total. The van der Waals surface area contributed by atoms with Crippen molar-refractivity contribution in [1.82, 2.24) is 5.32 Å². The van der Waals surface area contributed by atoms with Crippen molar-refractivity contribution in [3.05, 3.63) is 48.0 Å². The van der Waals surface area contributed by atoms with Gasteiger partial charge in [0, 0.05) is 6.42 Å². The number of carbonyl (C=O) groups excluding carboxylic acids is 1. The van der Waals surface area contributed by atoms with Gasteiger partial charge in [0.2, 0.25) is 5.91 Å². The highest BCUT2D eigenvalue weighted by atomic mass is 16.4. The van der Waals surface area contributed by atoms with Gasteiger partial charge in [0.15, 0.2) is 5.60 Å². The van der Waals surface area contributed by atoms with E-state index in [0.717, 1.165) is 23.3 Å². The van der Waals surface area contributed by atoms with Crippen LogP contribution >= 0.6 is 0 Å². The molecule has 0 aliphatic rings. The van der Waals surface area contributed by atoms with Gasteiger partial charge in [0.25, 0.3) is 0 Å². The van der Waals surface area contributed by atoms with Crippen LogP contribution in [0.3, 0.4) is 0 Å². The first-order valence-corrected chi connectivity index (χ1v) is 7.09. The fourth-order valence-corrected chi connectivity index (χ4v) is 2.09. The number of fused-ring (bicyclic) bond motifs is 1. The molecule has 116 valence electrons. The second-order valence-corrected chi connectivity index (χ2v) is 5.54. The molecular weight excluding hydrogens is 282 g/mol. The number of amides is 1. The number of nitrogens with one attached hydrogen (secondary N) is 1. The van der Waals surface area contributed by atoms with Crippen molar-refractivity contribution in [2.45, 2.75) is 25.4 Å². The highest BCUT2D eigenvalue weighted by Crippen LogP contribution is 2.16. The molecule has 0 radical (unpaired) electrons. The molecule has 0 fully saturated rings. The Balaban J connectivity index is 1.88. The zero-order valence-corrected chi connectivity index (χ0v) is 12.4. The van der Waals surface area contributed by atoms with Gasteiger partial charge in [0.1, 0.15) is 0 Å². The fourth-order valence-electron chi connectivity index (χ4n) is 2.09. The quantitative estimate of drug-likeness (QED) is 0.758. The molecule has 5 heteroatoms. The molecule has 0 saturated carbocycles. The van der Waals surface area contributed by atoms with E-state index in [0.29, 0.717) is 6.42 Å². The molecule has 2 aromatic rings. The molecule has 0 heterocycles. The lowest BCUT2D eigenvalue weighted by molar-refractivity contribution is -0.156. The number of aliphatic carboxylic acids is 1. The Morgan fingerprint density at radius 1 is 1.14 bits per heavy atom. The largest absolute Gasteiger partial charge is 0.479 e. The topological polar surface area (TPSA) is 86.6 Å². The molecule has 3 N–H and O–H groups in total. The van der Waals surface area contributed by atoms with E-state index in [4.69, 9.17) is 5.11 Å². The summed E-state index contributed by atoms with van der Waals surface area (Å²) in [6, 6.07) is 14.0. The summed E-state index contributed by atoms with van der Waals surface area (Å²) in [5.41, 5.74) is -0.905. The molecule has 1 amide bonds. The Morgan fingerprint density at radius 2 is 1.82 bits per heavy atom. The van der Waals surface area contributed by atoms with E-state index in [1.165, 1.54) is 0 Å². The number of rotatable bonds is 6. The predicted octanol–water partition coefficient (Wildman–Crippen LogP) is 1.72. The molecule has 22 heavy (non-hydrogen) atoms. The van der Waals surface area contributed by atoms with Crippen molar-refractivity contribution in [2.75, 3.05) is 6.54 Å². The Labute approximate surface area is 128 Å². The number of carbonyl (C=O) groups is 2. The van der Waals surface area contributed by atoms with Gasteiger partial charge in [-0.05, 0) is 29.7 Å². The van der Waals surface area contributed by atoms with Gasteiger partial charge in [0.05, 0.1) is 6.54 Å². The molecule has 0 bridgehead atoms. The first kappa shape index (κ1) is 16.0. The lowest BCUT2D eigenvalue weighted by Crippen LogP contribution is -2.46. The Morgan fingerprint density at radius 3 is 2.50 bits per heavy atom. The van der Waals surface area contributed by atoms with Gasteiger partial charge in [-0.3, -0.25) is 4.79 Å². The third-order valence-corrected chi connectivity index (χ3v) is 3.55. The van der Waals surface area contributed by atoms with E-state index in [-0.39, 0.29) is 18.9 Å². The van der Waals surface area contributed by atoms with Crippen LogP contribution in [0.4, 0.5) is 0 Å². The van der Waals surface area contributed by atoms with Gasteiger partial charge in [-0.25, -0.2) is 4.79 Å². The maximum Gasteiger partial charge on any atom is 0.337 e. The first-order chi connectivity index (χ1) is 10.4. The van der Waals surface area contributed by atoms with Crippen molar-refractivity contribution < 1.29 is 19.8 Å². The molecular formula is C17H19NO4. The SMILES string of the molecule is CC(O)(CNC(=O)CCc1ccc2ccccc2c1)C(=O)O. The van der Waals surface area contributed by atoms with Crippen LogP contribution < -0.4 is 5.32 Å². The van der Waals surface area contributed by atoms with Gasteiger partial charge >= 0.3 is 5.97 Å². The van der Waals surface area contributed by atoms with Crippen LogP contribution in [0, 0.1) is 0 Å². The van der Waals surface area contributed by atoms with Crippen molar-refractivity contribution in [3.8, 4) is 0 Å². The smallest absolute Gasteiger partial charge is 0.337 e.